The zero-order valence-corrected chi connectivity index (χ0v) is 4.79. The molecular formula is C5H6LiNO3. The van der Waals surface area contributed by atoms with Gasteiger partial charge in [0.1, 0.15) is 11.3 Å². The van der Waals surface area contributed by atoms with Gasteiger partial charge in [-0.3, -0.25) is 0 Å². The van der Waals surface area contributed by atoms with Crippen LogP contribution in [0.3, 0.4) is 0 Å². The van der Waals surface area contributed by atoms with Crippen molar-refractivity contribution in [2.75, 3.05) is 0 Å². The van der Waals surface area contributed by atoms with Gasteiger partial charge in [0, 0.05) is 0 Å². The number of hydrogen-bond donors (Lipinski definition) is 1. The fourth-order valence-electron chi connectivity index (χ4n) is 0.504. The summed E-state index contributed by atoms with van der Waals surface area (Å²) in [5.74, 6) is -0.670. The third-order valence-corrected chi connectivity index (χ3v) is 0.981. The molecule has 0 atom stereocenters. The number of aromatic nitrogens is 1. The van der Waals surface area contributed by atoms with Crippen LogP contribution in [0.2, 0.25) is 0 Å². The predicted octanol–water partition coefficient (Wildman–Crippen LogP) is 0.0327. The summed E-state index contributed by atoms with van der Waals surface area (Å²) in [6, 6.07) is 0. The van der Waals surface area contributed by atoms with E-state index in [1.54, 1.807) is 6.92 Å². The number of carbonyl (C=O) groups is 1. The fraction of sp³-hybridized carbons (Fsp3) is 0.200. The van der Waals surface area contributed by atoms with Crippen molar-refractivity contribution in [3.8, 4) is 0 Å². The summed E-state index contributed by atoms with van der Waals surface area (Å²) < 4.78 is 4.49. The molecule has 0 saturated heterocycles. The van der Waals surface area contributed by atoms with Gasteiger partial charge in [-0.05, 0) is 6.92 Å². The van der Waals surface area contributed by atoms with E-state index in [1.165, 1.54) is 6.20 Å². The van der Waals surface area contributed by atoms with E-state index in [2.05, 4.69) is 9.68 Å². The van der Waals surface area contributed by atoms with Crippen molar-refractivity contribution in [2.24, 2.45) is 0 Å². The molecule has 50 valence electrons. The van der Waals surface area contributed by atoms with Crippen molar-refractivity contribution in [3.63, 3.8) is 0 Å². The maximum atomic E-state index is 10.2. The molecule has 5 heteroatoms. The molecule has 0 fully saturated rings. The predicted molar refractivity (Wildman–Crippen MR) is 35.3 cm³/mol. The van der Waals surface area contributed by atoms with Crippen molar-refractivity contribution in [3.05, 3.63) is 17.5 Å². The van der Waals surface area contributed by atoms with Gasteiger partial charge < -0.3 is 9.63 Å². The summed E-state index contributed by atoms with van der Waals surface area (Å²) in [7, 11) is 0. The van der Waals surface area contributed by atoms with Crippen LogP contribution in [0.25, 0.3) is 0 Å². The Morgan fingerprint density at radius 2 is 2.40 bits per heavy atom. The van der Waals surface area contributed by atoms with Crippen molar-refractivity contribution in [2.45, 2.75) is 6.92 Å². The van der Waals surface area contributed by atoms with Gasteiger partial charge in [0.05, 0.1) is 6.20 Å². The molecule has 1 aromatic rings. The maximum absolute atomic E-state index is 10.2. The molecule has 0 aliphatic rings. The summed E-state index contributed by atoms with van der Waals surface area (Å²) >= 11 is 0. The Morgan fingerprint density at radius 3 is 2.60 bits per heavy atom. The summed E-state index contributed by atoms with van der Waals surface area (Å²) in [5, 5.41) is 11.6. The SMILES string of the molecule is Cc1oncc1C(=O)O.[LiH]. The molecule has 0 saturated carbocycles. The van der Waals surface area contributed by atoms with Crippen molar-refractivity contribution in [1.29, 1.82) is 0 Å². The van der Waals surface area contributed by atoms with E-state index in [-0.39, 0.29) is 24.4 Å². The fourth-order valence-corrected chi connectivity index (χ4v) is 0.504. The first-order valence-corrected chi connectivity index (χ1v) is 2.36. The summed E-state index contributed by atoms with van der Waals surface area (Å²) in [5.41, 5.74) is 0.120. The number of carboxylic acids is 1. The monoisotopic (exact) mass is 135 g/mol. The Morgan fingerprint density at radius 1 is 1.80 bits per heavy atom. The second-order valence-corrected chi connectivity index (χ2v) is 1.60. The molecule has 1 rings (SSSR count). The van der Waals surface area contributed by atoms with Crippen molar-refractivity contribution in [1.82, 2.24) is 5.16 Å². The van der Waals surface area contributed by atoms with Gasteiger partial charge in [-0.25, -0.2) is 4.79 Å². The van der Waals surface area contributed by atoms with E-state index in [1.807, 2.05) is 0 Å². The third-order valence-electron chi connectivity index (χ3n) is 0.981. The van der Waals surface area contributed by atoms with E-state index in [9.17, 15) is 4.79 Å². The van der Waals surface area contributed by atoms with Gasteiger partial charge >= 0.3 is 24.8 Å². The van der Waals surface area contributed by atoms with Gasteiger partial charge in [-0.1, -0.05) is 5.16 Å². The quantitative estimate of drug-likeness (QED) is 0.552. The number of nitrogens with zero attached hydrogens (tertiary/aromatic N) is 1. The molecule has 0 unspecified atom stereocenters. The van der Waals surface area contributed by atoms with Crippen LogP contribution < -0.4 is 0 Å². The molecule has 4 nitrogen and oxygen atoms in total. The first-order valence-electron chi connectivity index (χ1n) is 2.36. The van der Waals surface area contributed by atoms with E-state index in [0.29, 0.717) is 5.76 Å². The van der Waals surface area contributed by atoms with Crippen LogP contribution in [0.4, 0.5) is 0 Å². The summed E-state index contributed by atoms with van der Waals surface area (Å²) in [6.07, 6.45) is 1.18. The number of rotatable bonds is 1. The van der Waals surface area contributed by atoms with Gasteiger partial charge in [0.15, 0.2) is 0 Å². The van der Waals surface area contributed by atoms with Crippen molar-refractivity contribution >= 4 is 24.8 Å². The van der Waals surface area contributed by atoms with Gasteiger partial charge in [-0.15, -0.1) is 0 Å². The van der Waals surface area contributed by atoms with Gasteiger partial charge in [0.2, 0.25) is 0 Å². The Kier molecular flexibility index (Phi) is 3.20. The molecule has 1 aromatic heterocycles. The Bertz CT molecular complexity index is 233. The third kappa shape index (κ3) is 1.63. The number of hydrogen-bond acceptors (Lipinski definition) is 3. The average molecular weight is 135 g/mol. The minimum absolute atomic E-state index is 0. The number of aromatic carboxylic acids is 1. The average Bonchev–Trinajstić information content (AvgIpc) is 2.13. The van der Waals surface area contributed by atoms with Gasteiger partial charge in [0.25, 0.3) is 0 Å². The first kappa shape index (κ1) is 9.28. The van der Waals surface area contributed by atoms with Crippen LogP contribution in [0.5, 0.6) is 0 Å². The number of aryl methyl sites for hydroxylation is 1. The topological polar surface area (TPSA) is 63.3 Å². The molecule has 0 radical (unpaired) electrons. The van der Waals surface area contributed by atoms with Crippen LogP contribution in [0.15, 0.2) is 10.7 Å². The molecule has 0 aliphatic heterocycles. The van der Waals surface area contributed by atoms with Crippen LogP contribution >= 0.6 is 0 Å². The van der Waals surface area contributed by atoms with Crippen LogP contribution in [-0.2, 0) is 0 Å². The molecule has 0 spiro atoms. The second-order valence-electron chi connectivity index (χ2n) is 1.60. The van der Waals surface area contributed by atoms with Crippen LogP contribution in [0, 0.1) is 6.92 Å². The molecular weight excluding hydrogens is 129 g/mol. The summed E-state index contributed by atoms with van der Waals surface area (Å²) in [6.45, 7) is 1.55. The van der Waals surface area contributed by atoms with E-state index in [0.717, 1.165) is 0 Å². The molecule has 1 N–H and O–H groups in total. The summed E-state index contributed by atoms with van der Waals surface area (Å²) in [4.78, 5) is 10.2. The standard InChI is InChI=1S/C5H5NO3.Li.H/c1-3-4(5(7)8)2-6-9-3;;/h2H,1H3,(H,7,8);;. The zero-order chi connectivity index (χ0) is 6.85. The molecule has 10 heavy (non-hydrogen) atoms. The molecule has 0 bridgehead atoms. The Hall–Kier alpha value is -0.723. The Labute approximate surface area is 69.4 Å². The molecule has 0 aromatic carbocycles. The van der Waals surface area contributed by atoms with Crippen molar-refractivity contribution < 1.29 is 14.4 Å². The molecule has 0 aliphatic carbocycles. The normalized spacial score (nSPS) is 8.50. The van der Waals surface area contributed by atoms with E-state index >= 15 is 0 Å². The minimum atomic E-state index is -1.01. The van der Waals surface area contributed by atoms with Gasteiger partial charge in [-0.2, -0.15) is 0 Å². The van der Waals surface area contributed by atoms with E-state index < -0.39 is 5.97 Å². The van der Waals surface area contributed by atoms with E-state index in [4.69, 9.17) is 5.11 Å². The molecule has 0 amide bonds. The first-order chi connectivity index (χ1) is 4.22. The molecule has 1 heterocycles. The second kappa shape index (κ2) is 3.45. The Balaban J connectivity index is 0.000000810. The number of carboxylic acid groups (broad SMARTS) is 1. The zero-order valence-electron chi connectivity index (χ0n) is 4.79. The van der Waals surface area contributed by atoms with Crippen LogP contribution in [0.1, 0.15) is 16.1 Å². The van der Waals surface area contributed by atoms with Crippen LogP contribution in [-0.4, -0.2) is 35.1 Å².